The minimum Gasteiger partial charge on any atom is -0.508 e. The van der Waals surface area contributed by atoms with Crippen LogP contribution in [0.5, 0.6) is 11.5 Å². The molecule has 3 N–H and O–H groups in total. The molecule has 1 aliphatic rings. The second-order valence-corrected chi connectivity index (χ2v) is 6.72. The van der Waals surface area contributed by atoms with E-state index in [-0.39, 0.29) is 11.5 Å². The lowest BCUT2D eigenvalue weighted by Gasteiger charge is -2.31. The largest absolute Gasteiger partial charge is 0.508 e. The zero-order chi connectivity index (χ0) is 21.2. The Morgan fingerprint density at radius 2 is 1.38 bits per heavy atom. The molecule has 0 fully saturated rings. The quantitative estimate of drug-likeness (QED) is 0.451. The molecule has 0 aliphatic carbocycles. The Labute approximate surface area is 167 Å². The number of phenolic OH excluding ortho intramolecular Hbond substituents is 2. The molecule has 3 aromatic rings. The number of aliphatic hydroxyl groups is 1. The number of hydrogen-bond donors (Lipinski definition) is 3. The number of aliphatic hydroxyl groups excluding tert-OH is 1. The normalized spacial score (nSPS) is 13.5. The molecule has 1 aliphatic heterocycles. The molecule has 6 heteroatoms. The highest BCUT2D eigenvalue weighted by atomic mass is 16.6. The van der Waals surface area contributed by atoms with Crippen LogP contribution >= 0.6 is 0 Å². The fraction of sp³-hybridized carbons (Fsp3) is 0.130. The second kappa shape index (κ2) is 7.56. The van der Waals surface area contributed by atoms with Gasteiger partial charge < -0.3 is 20.1 Å². The van der Waals surface area contributed by atoms with E-state index in [4.69, 9.17) is 15.1 Å². The number of nitrogens with zero attached hydrogens (tertiary/aromatic N) is 1. The number of hydrogen-bond acceptors (Lipinski definition) is 6. The molecule has 0 spiro atoms. The standard InChI is InChI=1S/C22H18O4.CHNO/c1-13-11-15(7-9-19(13)23)22(16-8-10-20(24)14(2)12-16)18-6-4-3-5-17(18)21(25)26-22;2-1-3/h3-12,23-24H,1-2H3;3H. The highest BCUT2D eigenvalue weighted by molar-refractivity contribution is 5.96. The molecule has 6 nitrogen and oxygen atoms in total. The minimum atomic E-state index is -1.12. The molecule has 0 amide bonds. The SMILES string of the molecule is Cc1cc(C2(c3ccc(O)c(C)c3)OC(=O)c3ccccc32)ccc1O.N#CO. The molecule has 4 rings (SSSR count). The summed E-state index contributed by atoms with van der Waals surface area (Å²) in [5, 5.41) is 33.6. The first-order valence-corrected chi connectivity index (χ1v) is 8.81. The average molecular weight is 389 g/mol. The van der Waals surface area contributed by atoms with Gasteiger partial charge in [-0.05, 0) is 55.3 Å². The van der Waals surface area contributed by atoms with Crippen LogP contribution < -0.4 is 0 Å². The maximum absolute atomic E-state index is 12.6. The summed E-state index contributed by atoms with van der Waals surface area (Å²) in [6.45, 7) is 3.61. The topological polar surface area (TPSA) is 111 Å². The van der Waals surface area contributed by atoms with Gasteiger partial charge in [-0.2, -0.15) is 5.26 Å². The van der Waals surface area contributed by atoms with Crippen LogP contribution in [0.2, 0.25) is 0 Å². The highest BCUT2D eigenvalue weighted by Gasteiger charge is 2.48. The first kappa shape index (κ1) is 19.8. The van der Waals surface area contributed by atoms with Crippen LogP contribution in [0.25, 0.3) is 0 Å². The van der Waals surface area contributed by atoms with Gasteiger partial charge in [0.15, 0.2) is 5.60 Å². The van der Waals surface area contributed by atoms with Crippen LogP contribution in [0.3, 0.4) is 0 Å². The molecular weight excluding hydrogens is 370 g/mol. The molecule has 0 unspecified atom stereocenters. The van der Waals surface area contributed by atoms with E-state index in [1.165, 1.54) is 0 Å². The summed E-state index contributed by atoms with van der Waals surface area (Å²) in [6, 6.07) is 17.7. The Hall–Kier alpha value is -3.98. The van der Waals surface area contributed by atoms with Gasteiger partial charge in [0.1, 0.15) is 11.5 Å². The van der Waals surface area contributed by atoms with E-state index in [0.29, 0.717) is 16.7 Å². The first-order chi connectivity index (χ1) is 13.8. The van der Waals surface area contributed by atoms with Crippen molar-refractivity contribution in [3.05, 3.63) is 94.0 Å². The van der Waals surface area contributed by atoms with Gasteiger partial charge >= 0.3 is 5.97 Å². The van der Waals surface area contributed by atoms with Gasteiger partial charge in [-0.3, -0.25) is 0 Å². The van der Waals surface area contributed by atoms with Crippen molar-refractivity contribution in [1.29, 1.82) is 5.26 Å². The van der Waals surface area contributed by atoms with Gasteiger partial charge in [0.2, 0.25) is 0 Å². The summed E-state index contributed by atoms with van der Waals surface area (Å²) in [5.41, 5.74) is 3.03. The molecule has 0 saturated heterocycles. The highest BCUT2D eigenvalue weighted by Crippen LogP contribution is 2.48. The lowest BCUT2D eigenvalue weighted by molar-refractivity contribution is 0.0251. The number of fused-ring (bicyclic) bond motifs is 1. The van der Waals surface area contributed by atoms with Gasteiger partial charge in [-0.25, -0.2) is 4.79 Å². The number of esters is 1. The molecule has 146 valence electrons. The van der Waals surface area contributed by atoms with Crippen molar-refractivity contribution in [2.24, 2.45) is 0 Å². The number of phenols is 2. The van der Waals surface area contributed by atoms with Gasteiger partial charge in [0.25, 0.3) is 6.26 Å². The van der Waals surface area contributed by atoms with Crippen LogP contribution in [0.4, 0.5) is 0 Å². The van der Waals surface area contributed by atoms with Crippen LogP contribution in [0.15, 0.2) is 60.7 Å². The number of rotatable bonds is 2. The van der Waals surface area contributed by atoms with Crippen LogP contribution in [0.1, 0.15) is 38.2 Å². The Morgan fingerprint density at radius 1 is 0.897 bits per heavy atom. The van der Waals surface area contributed by atoms with E-state index in [1.807, 2.05) is 24.3 Å². The predicted octanol–water partition coefficient (Wildman–Crippen LogP) is 4.02. The Balaban J connectivity index is 0.000000755. The molecule has 0 bridgehead atoms. The smallest absolute Gasteiger partial charge is 0.340 e. The average Bonchev–Trinajstić information content (AvgIpc) is 3.01. The maximum Gasteiger partial charge on any atom is 0.340 e. The van der Waals surface area contributed by atoms with Gasteiger partial charge in [-0.1, -0.05) is 30.3 Å². The van der Waals surface area contributed by atoms with Crippen molar-refractivity contribution in [2.75, 3.05) is 0 Å². The van der Waals surface area contributed by atoms with Gasteiger partial charge in [0.05, 0.1) is 5.56 Å². The molecule has 0 radical (unpaired) electrons. The van der Waals surface area contributed by atoms with E-state index >= 15 is 0 Å². The number of aryl methyl sites for hydroxylation is 2. The second-order valence-electron chi connectivity index (χ2n) is 6.72. The lowest BCUT2D eigenvalue weighted by atomic mass is 9.79. The molecule has 0 aromatic heterocycles. The lowest BCUT2D eigenvalue weighted by Crippen LogP contribution is -2.29. The van der Waals surface area contributed by atoms with E-state index in [2.05, 4.69) is 0 Å². The molecule has 0 atom stereocenters. The van der Waals surface area contributed by atoms with E-state index in [1.54, 1.807) is 50.2 Å². The van der Waals surface area contributed by atoms with Crippen LogP contribution in [-0.4, -0.2) is 21.3 Å². The third-order valence-electron chi connectivity index (χ3n) is 4.98. The van der Waals surface area contributed by atoms with Crippen molar-refractivity contribution in [3.8, 4) is 17.8 Å². The Morgan fingerprint density at radius 3 is 1.86 bits per heavy atom. The van der Waals surface area contributed by atoms with E-state index < -0.39 is 11.6 Å². The minimum absolute atomic E-state index is 0.184. The number of aromatic hydroxyl groups is 2. The van der Waals surface area contributed by atoms with Crippen molar-refractivity contribution in [1.82, 2.24) is 0 Å². The van der Waals surface area contributed by atoms with Crippen LogP contribution in [0, 0.1) is 25.4 Å². The summed E-state index contributed by atoms with van der Waals surface area (Å²) in [6.07, 6.45) is 0.750. The summed E-state index contributed by atoms with van der Waals surface area (Å²) in [5.74, 6) is -0.0242. The number of ether oxygens (including phenoxy) is 1. The number of carbonyl (C=O) groups excluding carboxylic acids is 1. The van der Waals surface area contributed by atoms with Crippen LogP contribution in [-0.2, 0) is 10.3 Å². The fourth-order valence-electron chi connectivity index (χ4n) is 3.56. The Kier molecular flexibility index (Phi) is 5.16. The predicted molar refractivity (Wildman–Crippen MR) is 105 cm³/mol. The van der Waals surface area contributed by atoms with Crippen molar-refractivity contribution < 1.29 is 24.9 Å². The van der Waals surface area contributed by atoms with Crippen molar-refractivity contribution in [3.63, 3.8) is 0 Å². The summed E-state index contributed by atoms with van der Waals surface area (Å²) in [4.78, 5) is 12.6. The summed E-state index contributed by atoms with van der Waals surface area (Å²) in [7, 11) is 0. The van der Waals surface area contributed by atoms with E-state index in [0.717, 1.165) is 22.9 Å². The number of nitriles is 1. The zero-order valence-electron chi connectivity index (χ0n) is 15.9. The van der Waals surface area contributed by atoms with E-state index in [9.17, 15) is 15.0 Å². The maximum atomic E-state index is 12.6. The van der Waals surface area contributed by atoms with Gasteiger partial charge in [0, 0.05) is 16.7 Å². The molecule has 3 aromatic carbocycles. The zero-order valence-corrected chi connectivity index (χ0v) is 15.9. The van der Waals surface area contributed by atoms with Crippen molar-refractivity contribution in [2.45, 2.75) is 19.4 Å². The summed E-state index contributed by atoms with van der Waals surface area (Å²) >= 11 is 0. The number of cyclic esters (lactones) is 1. The molecule has 1 heterocycles. The fourth-order valence-corrected chi connectivity index (χ4v) is 3.56. The molecule has 29 heavy (non-hydrogen) atoms. The molecular formula is C23H19NO5. The van der Waals surface area contributed by atoms with Gasteiger partial charge in [-0.15, -0.1) is 0 Å². The van der Waals surface area contributed by atoms with Crippen molar-refractivity contribution >= 4 is 5.97 Å². The summed E-state index contributed by atoms with van der Waals surface area (Å²) < 4.78 is 5.98. The number of carbonyl (C=O) groups is 1. The third-order valence-corrected chi connectivity index (χ3v) is 4.98. The third kappa shape index (κ3) is 3.23. The Bertz CT molecular complexity index is 1080. The molecule has 0 saturated carbocycles. The monoisotopic (exact) mass is 389 g/mol. The number of benzene rings is 3. The first-order valence-electron chi connectivity index (χ1n) is 8.81.